The van der Waals surface area contributed by atoms with Gasteiger partial charge in [0.2, 0.25) is 5.91 Å². The van der Waals surface area contributed by atoms with E-state index in [0.29, 0.717) is 19.5 Å². The van der Waals surface area contributed by atoms with E-state index in [1.54, 1.807) is 17.3 Å². The number of hydrogen-bond acceptors (Lipinski definition) is 5. The molecule has 218 valence electrons. The third-order valence-corrected chi connectivity index (χ3v) is 8.22. The van der Waals surface area contributed by atoms with Crippen molar-refractivity contribution < 1.29 is 14.3 Å². The van der Waals surface area contributed by atoms with Crippen molar-refractivity contribution >= 4 is 12.0 Å². The summed E-state index contributed by atoms with van der Waals surface area (Å²) in [5.41, 5.74) is 4.01. The van der Waals surface area contributed by atoms with Crippen LogP contribution in [0.1, 0.15) is 77.6 Å². The first kappa shape index (κ1) is 28.8. The first-order valence-corrected chi connectivity index (χ1v) is 14.6. The Kier molecular flexibility index (Phi) is 7.47. The van der Waals surface area contributed by atoms with E-state index in [1.807, 2.05) is 51.1 Å². The molecule has 0 saturated carbocycles. The molecule has 1 aliphatic carbocycles. The van der Waals surface area contributed by atoms with Gasteiger partial charge in [-0.2, -0.15) is 5.10 Å². The lowest BCUT2D eigenvalue weighted by atomic mass is 9.72. The summed E-state index contributed by atoms with van der Waals surface area (Å²) in [6, 6.07) is 13.9. The predicted octanol–water partition coefficient (Wildman–Crippen LogP) is 5.71. The highest BCUT2D eigenvalue weighted by Gasteiger charge is 2.45. The van der Waals surface area contributed by atoms with Crippen LogP contribution in [0, 0.1) is 5.41 Å². The molecule has 3 heterocycles. The van der Waals surface area contributed by atoms with Gasteiger partial charge < -0.3 is 15.0 Å². The number of pyridine rings is 1. The number of carbonyl (C=O) groups is 2. The fraction of sp³-hybridized carbons (Fsp3) is 0.515. The van der Waals surface area contributed by atoms with Gasteiger partial charge in [-0.15, -0.1) is 0 Å². The number of rotatable bonds is 4. The van der Waals surface area contributed by atoms with Crippen LogP contribution in [-0.4, -0.2) is 56.4 Å². The van der Waals surface area contributed by atoms with Crippen LogP contribution in [0.4, 0.5) is 4.79 Å². The van der Waals surface area contributed by atoms with Crippen LogP contribution in [-0.2, 0) is 27.9 Å². The highest BCUT2D eigenvalue weighted by molar-refractivity contribution is 5.84. The van der Waals surface area contributed by atoms with E-state index in [-0.39, 0.29) is 29.5 Å². The lowest BCUT2D eigenvalue weighted by Crippen LogP contribution is -2.49. The summed E-state index contributed by atoms with van der Waals surface area (Å²) in [5.74, 6) is -0.00394. The molecule has 0 spiro atoms. The Balaban J connectivity index is 1.42. The maximum atomic E-state index is 14.1. The van der Waals surface area contributed by atoms with Crippen molar-refractivity contribution in [3.05, 3.63) is 71.7 Å². The molecule has 2 aromatic heterocycles. The third kappa shape index (κ3) is 6.02. The monoisotopic (exact) mass is 557 g/mol. The smallest absolute Gasteiger partial charge is 0.410 e. The quantitative estimate of drug-likeness (QED) is 0.444. The molecule has 0 radical (unpaired) electrons. The first-order chi connectivity index (χ1) is 19.2. The van der Waals surface area contributed by atoms with Crippen molar-refractivity contribution in [2.24, 2.45) is 5.41 Å². The standard InChI is InChI=1S/C33H43N5O3/c1-31(2,3)38-27-13-16-33(7,19-24(27)28(36-38)23-14-17-34-18-15-23)29(39)35-26-21-37(30(40)41-32(4,5)6)20-25(26)22-11-9-8-10-12-22/h8-12,14-15,17-18,25-26H,13,16,19-21H2,1-7H3,(H,35,39). The number of nitrogens with zero attached hydrogens (tertiary/aromatic N) is 4. The molecular formula is C33H43N5O3. The van der Waals surface area contributed by atoms with Gasteiger partial charge in [-0.1, -0.05) is 37.3 Å². The third-order valence-electron chi connectivity index (χ3n) is 8.22. The Morgan fingerprint density at radius 1 is 1.00 bits per heavy atom. The minimum absolute atomic E-state index is 0.0179. The van der Waals surface area contributed by atoms with Crippen molar-refractivity contribution in [2.45, 2.75) is 90.8 Å². The Morgan fingerprint density at radius 2 is 1.68 bits per heavy atom. The molecule has 1 N–H and O–H groups in total. The molecule has 8 nitrogen and oxygen atoms in total. The van der Waals surface area contributed by atoms with Crippen LogP contribution >= 0.6 is 0 Å². The fourth-order valence-electron chi connectivity index (χ4n) is 6.10. The molecule has 3 atom stereocenters. The number of hydrogen-bond donors (Lipinski definition) is 1. The van der Waals surface area contributed by atoms with Gasteiger partial charge in [0.05, 0.1) is 22.7 Å². The summed E-state index contributed by atoms with van der Waals surface area (Å²) in [6.07, 6.45) is 5.31. The van der Waals surface area contributed by atoms with E-state index < -0.39 is 11.0 Å². The lowest BCUT2D eigenvalue weighted by molar-refractivity contribution is -0.131. The van der Waals surface area contributed by atoms with Gasteiger partial charge in [0.25, 0.3) is 0 Å². The Labute approximate surface area is 243 Å². The van der Waals surface area contributed by atoms with Crippen LogP contribution in [0.2, 0.25) is 0 Å². The van der Waals surface area contributed by atoms with E-state index in [4.69, 9.17) is 9.84 Å². The van der Waals surface area contributed by atoms with E-state index in [2.05, 4.69) is 54.8 Å². The Bertz CT molecular complexity index is 1400. The second-order valence-electron chi connectivity index (χ2n) is 13.8. The largest absolute Gasteiger partial charge is 0.444 e. The van der Waals surface area contributed by atoms with Gasteiger partial charge >= 0.3 is 6.09 Å². The van der Waals surface area contributed by atoms with Crippen LogP contribution in [0.15, 0.2) is 54.9 Å². The summed E-state index contributed by atoms with van der Waals surface area (Å²) >= 11 is 0. The van der Waals surface area contributed by atoms with E-state index >= 15 is 0 Å². The van der Waals surface area contributed by atoms with Gasteiger partial charge in [0.15, 0.2) is 0 Å². The van der Waals surface area contributed by atoms with Crippen LogP contribution < -0.4 is 5.32 Å². The molecule has 1 aliphatic heterocycles. The topological polar surface area (TPSA) is 89.3 Å². The number of nitrogens with one attached hydrogen (secondary N) is 1. The zero-order valence-electron chi connectivity index (χ0n) is 25.4. The van der Waals surface area contributed by atoms with Crippen LogP contribution in [0.5, 0.6) is 0 Å². The summed E-state index contributed by atoms with van der Waals surface area (Å²) in [4.78, 5) is 33.1. The maximum Gasteiger partial charge on any atom is 0.410 e. The van der Waals surface area contributed by atoms with Gasteiger partial charge in [-0.3, -0.25) is 14.5 Å². The van der Waals surface area contributed by atoms with Gasteiger partial charge in [0.1, 0.15) is 5.60 Å². The molecule has 3 unspecified atom stereocenters. The number of carbonyl (C=O) groups excluding carboxylic acids is 2. The normalized spacial score (nSPS) is 22.8. The Hall–Kier alpha value is -3.68. The van der Waals surface area contributed by atoms with Crippen molar-refractivity contribution in [3.8, 4) is 11.3 Å². The van der Waals surface area contributed by atoms with E-state index in [0.717, 1.165) is 35.2 Å². The van der Waals surface area contributed by atoms with E-state index in [1.165, 1.54) is 5.69 Å². The average molecular weight is 558 g/mol. The first-order valence-electron chi connectivity index (χ1n) is 14.6. The second-order valence-corrected chi connectivity index (χ2v) is 13.8. The summed E-state index contributed by atoms with van der Waals surface area (Å²) in [6.45, 7) is 15.1. The Morgan fingerprint density at radius 3 is 2.32 bits per heavy atom. The summed E-state index contributed by atoms with van der Waals surface area (Å²) in [7, 11) is 0. The van der Waals surface area contributed by atoms with Crippen molar-refractivity contribution in [1.82, 2.24) is 25.0 Å². The highest BCUT2D eigenvalue weighted by Crippen LogP contribution is 2.42. The minimum Gasteiger partial charge on any atom is -0.444 e. The van der Waals surface area contributed by atoms with Gasteiger partial charge in [-0.05, 0) is 78.5 Å². The molecule has 2 aliphatic rings. The number of likely N-dealkylation sites (tertiary alicyclic amines) is 1. The predicted molar refractivity (Wildman–Crippen MR) is 160 cm³/mol. The molecular weight excluding hydrogens is 514 g/mol. The molecule has 41 heavy (non-hydrogen) atoms. The molecule has 8 heteroatoms. The second kappa shape index (κ2) is 10.6. The highest BCUT2D eigenvalue weighted by atomic mass is 16.6. The molecule has 1 saturated heterocycles. The van der Waals surface area contributed by atoms with Crippen molar-refractivity contribution in [3.63, 3.8) is 0 Å². The number of aromatic nitrogens is 3. The SMILES string of the molecule is CC(C)(C)OC(=O)N1CC(NC(=O)C2(C)CCc3c(c(-c4ccncc4)nn3C(C)(C)C)C2)C(c2ccccc2)C1. The zero-order valence-corrected chi connectivity index (χ0v) is 25.4. The molecule has 1 aromatic carbocycles. The minimum atomic E-state index is -0.610. The molecule has 0 bridgehead atoms. The lowest BCUT2D eigenvalue weighted by Gasteiger charge is -2.35. The fourth-order valence-corrected chi connectivity index (χ4v) is 6.10. The maximum absolute atomic E-state index is 14.1. The average Bonchev–Trinajstić information content (AvgIpc) is 3.50. The zero-order chi connectivity index (χ0) is 29.6. The summed E-state index contributed by atoms with van der Waals surface area (Å²) in [5, 5.41) is 8.46. The number of amides is 2. The molecule has 3 aromatic rings. The molecule has 1 fully saturated rings. The summed E-state index contributed by atoms with van der Waals surface area (Å²) < 4.78 is 7.82. The van der Waals surface area contributed by atoms with Crippen LogP contribution in [0.3, 0.4) is 0 Å². The van der Waals surface area contributed by atoms with Crippen molar-refractivity contribution in [1.29, 1.82) is 0 Å². The molecule has 5 rings (SSSR count). The van der Waals surface area contributed by atoms with Gasteiger partial charge in [0, 0.05) is 48.2 Å². The number of benzene rings is 1. The molecule has 2 amide bonds. The van der Waals surface area contributed by atoms with E-state index in [9.17, 15) is 9.59 Å². The van der Waals surface area contributed by atoms with Crippen molar-refractivity contribution in [2.75, 3.05) is 13.1 Å². The van der Waals surface area contributed by atoms with Gasteiger partial charge in [-0.25, -0.2) is 4.79 Å². The number of fused-ring (bicyclic) bond motifs is 1. The number of ether oxygens (including phenoxy) is 1. The van der Waals surface area contributed by atoms with Crippen LogP contribution in [0.25, 0.3) is 11.3 Å².